The van der Waals surface area contributed by atoms with Crippen LogP contribution in [0.15, 0.2) is 15.3 Å². The van der Waals surface area contributed by atoms with Gasteiger partial charge in [0.2, 0.25) is 0 Å². The van der Waals surface area contributed by atoms with Crippen molar-refractivity contribution in [1.82, 2.24) is 25.0 Å². The molecule has 2 atom stereocenters. The predicted molar refractivity (Wildman–Crippen MR) is 110 cm³/mol. The first-order chi connectivity index (χ1) is 12.6. The molecule has 26 heavy (non-hydrogen) atoms. The molecule has 1 saturated carbocycles. The Morgan fingerprint density at radius 1 is 1.46 bits per heavy atom. The second-order valence-corrected chi connectivity index (χ2v) is 7.94. The maximum atomic E-state index is 11.3. The van der Waals surface area contributed by atoms with E-state index in [1.54, 1.807) is 16.4 Å². The highest BCUT2D eigenvalue weighted by molar-refractivity contribution is 14.1. The Bertz CT molecular complexity index is 811. The van der Waals surface area contributed by atoms with E-state index in [-0.39, 0.29) is 12.0 Å². The molecule has 2 heterocycles. The molecule has 1 aliphatic rings. The third-order valence-corrected chi connectivity index (χ3v) is 5.88. The Morgan fingerprint density at radius 2 is 2.31 bits per heavy atom. The number of halogens is 1. The quantitative estimate of drug-likeness (QED) is 0.331. The number of anilines is 1. The molecular weight excluding hydrogens is 467 g/mol. The van der Waals surface area contributed by atoms with E-state index in [1.807, 2.05) is 10.2 Å². The van der Waals surface area contributed by atoms with Crippen LogP contribution in [0.2, 0.25) is 0 Å². The Morgan fingerprint density at radius 3 is 3.00 bits per heavy atom. The van der Waals surface area contributed by atoms with Gasteiger partial charge in [0.15, 0.2) is 22.1 Å². The zero-order chi connectivity index (χ0) is 18.5. The van der Waals surface area contributed by atoms with Crippen LogP contribution in [0, 0.1) is 5.92 Å². The average molecular weight is 488 g/mol. The highest BCUT2D eigenvalue weighted by atomic mass is 127. The molecule has 0 saturated heterocycles. The molecule has 0 bridgehead atoms. The molecule has 0 amide bonds. The van der Waals surface area contributed by atoms with E-state index >= 15 is 0 Å². The molecule has 2 N–H and O–H groups in total. The third kappa shape index (κ3) is 4.27. The van der Waals surface area contributed by atoms with Crippen LogP contribution in [0.5, 0.6) is 0 Å². The molecule has 3 rings (SSSR count). The molecule has 0 aliphatic heterocycles. The lowest BCUT2D eigenvalue weighted by molar-refractivity contribution is -0.141. The highest BCUT2D eigenvalue weighted by Crippen LogP contribution is 2.36. The molecule has 2 aromatic rings. The number of rotatable bonds is 8. The average Bonchev–Trinajstić information content (AvgIpc) is 3.26. The van der Waals surface area contributed by atoms with Crippen LogP contribution in [0.4, 0.5) is 5.82 Å². The van der Waals surface area contributed by atoms with Crippen LogP contribution < -0.4 is 5.32 Å². The number of aromatic nitrogens is 5. The predicted octanol–water partition coefficient (Wildman–Crippen LogP) is 3.51. The van der Waals surface area contributed by atoms with Gasteiger partial charge in [-0.25, -0.2) is 14.6 Å². The number of nitrogens with zero attached hydrogens (tertiary/aromatic N) is 5. The topological polar surface area (TPSA) is 106 Å². The van der Waals surface area contributed by atoms with Crippen molar-refractivity contribution >= 4 is 57.3 Å². The fourth-order valence-electron chi connectivity index (χ4n) is 3.04. The molecule has 0 spiro atoms. The van der Waals surface area contributed by atoms with Crippen molar-refractivity contribution in [2.24, 2.45) is 5.92 Å². The molecule has 0 radical (unpaired) electrons. The SMILES string of the molecule is CCCSc1nc(NCC=CI)c2nnn(C3CCC(C(=O)O)C3)c2n1. The number of hydrogen-bond acceptors (Lipinski definition) is 7. The van der Waals surface area contributed by atoms with Crippen molar-refractivity contribution in [1.29, 1.82) is 0 Å². The van der Waals surface area contributed by atoms with Crippen LogP contribution in [-0.2, 0) is 4.79 Å². The highest BCUT2D eigenvalue weighted by Gasteiger charge is 2.33. The molecule has 10 heteroatoms. The van der Waals surface area contributed by atoms with Gasteiger partial charge >= 0.3 is 5.97 Å². The third-order valence-electron chi connectivity index (χ3n) is 4.31. The normalized spacial score (nSPS) is 20.2. The van der Waals surface area contributed by atoms with E-state index in [0.717, 1.165) is 18.6 Å². The van der Waals surface area contributed by atoms with E-state index < -0.39 is 5.97 Å². The van der Waals surface area contributed by atoms with Gasteiger partial charge in [-0.1, -0.05) is 52.6 Å². The zero-order valence-corrected chi connectivity index (χ0v) is 17.4. The van der Waals surface area contributed by atoms with Gasteiger partial charge in [0.1, 0.15) is 0 Å². The molecule has 8 nitrogen and oxygen atoms in total. The second-order valence-electron chi connectivity index (χ2n) is 6.15. The van der Waals surface area contributed by atoms with E-state index in [2.05, 4.69) is 55.1 Å². The van der Waals surface area contributed by atoms with Crippen LogP contribution in [-0.4, -0.2) is 48.3 Å². The molecule has 0 aromatic carbocycles. The van der Waals surface area contributed by atoms with E-state index in [9.17, 15) is 9.90 Å². The van der Waals surface area contributed by atoms with E-state index in [1.165, 1.54) is 0 Å². The minimum absolute atomic E-state index is 0.0158. The Labute approximate surface area is 169 Å². The van der Waals surface area contributed by atoms with Crippen molar-refractivity contribution in [2.75, 3.05) is 17.6 Å². The molecule has 140 valence electrons. The van der Waals surface area contributed by atoms with Gasteiger partial charge in [-0.2, -0.15) is 0 Å². The van der Waals surface area contributed by atoms with Gasteiger partial charge < -0.3 is 10.4 Å². The minimum Gasteiger partial charge on any atom is -0.481 e. The van der Waals surface area contributed by atoms with Gasteiger partial charge in [0, 0.05) is 12.3 Å². The number of hydrogen-bond donors (Lipinski definition) is 2. The summed E-state index contributed by atoms with van der Waals surface area (Å²) >= 11 is 3.78. The van der Waals surface area contributed by atoms with E-state index in [0.29, 0.717) is 41.5 Å². The Balaban J connectivity index is 1.94. The number of aliphatic carboxylic acids is 1. The summed E-state index contributed by atoms with van der Waals surface area (Å²) in [6.07, 6.45) is 5.03. The Kier molecular flexibility index (Phi) is 6.68. The summed E-state index contributed by atoms with van der Waals surface area (Å²) in [4.78, 5) is 20.5. The lowest BCUT2D eigenvalue weighted by Gasteiger charge is -2.11. The number of carboxylic acids is 1. The second kappa shape index (κ2) is 8.98. The van der Waals surface area contributed by atoms with Crippen LogP contribution in [0.25, 0.3) is 11.2 Å². The maximum Gasteiger partial charge on any atom is 0.306 e. The van der Waals surface area contributed by atoms with Crippen molar-refractivity contribution in [3.63, 3.8) is 0 Å². The van der Waals surface area contributed by atoms with Crippen molar-refractivity contribution in [2.45, 2.75) is 43.8 Å². The molecule has 2 aromatic heterocycles. The fraction of sp³-hybridized carbons (Fsp3) is 0.562. The number of nitrogens with one attached hydrogen (secondary N) is 1. The summed E-state index contributed by atoms with van der Waals surface area (Å²) in [6.45, 7) is 2.76. The lowest BCUT2D eigenvalue weighted by Crippen LogP contribution is -2.13. The minimum atomic E-state index is -0.737. The van der Waals surface area contributed by atoms with Crippen LogP contribution >= 0.6 is 34.4 Å². The zero-order valence-electron chi connectivity index (χ0n) is 14.4. The van der Waals surface area contributed by atoms with Gasteiger partial charge in [-0.15, -0.1) is 5.10 Å². The first-order valence-corrected chi connectivity index (χ1v) is 10.8. The van der Waals surface area contributed by atoms with Gasteiger partial charge in [0.25, 0.3) is 0 Å². The monoisotopic (exact) mass is 488 g/mol. The van der Waals surface area contributed by atoms with Gasteiger partial charge in [-0.05, 0) is 29.8 Å². The smallest absolute Gasteiger partial charge is 0.306 e. The summed E-state index contributed by atoms with van der Waals surface area (Å²) in [5, 5.41) is 21.8. The van der Waals surface area contributed by atoms with Crippen LogP contribution in [0.3, 0.4) is 0 Å². The summed E-state index contributed by atoms with van der Waals surface area (Å²) in [5.41, 5.74) is 1.31. The molecule has 1 aliphatic carbocycles. The fourth-order valence-corrected chi connectivity index (χ4v) is 3.99. The van der Waals surface area contributed by atoms with Crippen molar-refractivity contribution < 1.29 is 9.90 Å². The first kappa shape index (κ1) is 19.3. The molecular formula is C16H21IN6O2S. The van der Waals surface area contributed by atoms with Crippen molar-refractivity contribution in [3.8, 4) is 0 Å². The molecule has 1 fully saturated rings. The maximum absolute atomic E-state index is 11.3. The standard InChI is InChI=1S/C16H21IN6O2S/c1-2-8-26-16-19-13(18-7-3-6-17)12-14(20-16)23(22-21-12)11-5-4-10(9-11)15(24)25/h3,6,10-11H,2,4-5,7-9H2,1H3,(H,24,25)(H,18,19,20). The van der Waals surface area contributed by atoms with Crippen molar-refractivity contribution in [3.05, 3.63) is 10.2 Å². The number of fused-ring (bicyclic) bond motifs is 1. The van der Waals surface area contributed by atoms with Crippen LogP contribution in [0.1, 0.15) is 38.6 Å². The largest absolute Gasteiger partial charge is 0.481 e. The Hall–Kier alpha value is -1.43. The number of carboxylic acid groups (broad SMARTS) is 1. The lowest BCUT2D eigenvalue weighted by atomic mass is 10.1. The van der Waals surface area contributed by atoms with Gasteiger partial charge in [0.05, 0.1) is 12.0 Å². The summed E-state index contributed by atoms with van der Waals surface area (Å²) < 4.78 is 3.73. The van der Waals surface area contributed by atoms with Gasteiger partial charge in [-0.3, -0.25) is 4.79 Å². The number of carbonyl (C=O) groups is 1. The summed E-state index contributed by atoms with van der Waals surface area (Å²) in [7, 11) is 0. The summed E-state index contributed by atoms with van der Waals surface area (Å²) in [5.74, 6) is 0.548. The number of thioether (sulfide) groups is 1. The molecule has 2 unspecified atom stereocenters. The summed E-state index contributed by atoms with van der Waals surface area (Å²) in [6, 6.07) is 0.0158. The first-order valence-electron chi connectivity index (χ1n) is 8.61. The van der Waals surface area contributed by atoms with E-state index in [4.69, 9.17) is 0 Å².